The summed E-state index contributed by atoms with van der Waals surface area (Å²) in [5.41, 5.74) is 0. The molecule has 0 aliphatic rings. The maximum atomic E-state index is 9.63. The minimum Gasteiger partial charge on any atom is -1.00 e. The number of hydrogen-bond donors (Lipinski definition) is 4. The van der Waals surface area contributed by atoms with E-state index >= 15 is 0 Å². The molecule has 0 heterocycles. The maximum absolute atomic E-state index is 9.63. The van der Waals surface area contributed by atoms with E-state index in [9.17, 15) is 9.13 Å². The van der Waals surface area contributed by atoms with Crippen LogP contribution in [0, 0.1) is 0 Å². The molecule has 0 fully saturated rings. The van der Waals surface area contributed by atoms with Crippen molar-refractivity contribution in [2.75, 3.05) is 0 Å². The van der Waals surface area contributed by atoms with Crippen molar-refractivity contribution in [2.45, 2.75) is 0 Å². The first-order chi connectivity index (χ1) is 3.71. The van der Waals surface area contributed by atoms with E-state index in [-0.39, 0.29) is 64.8 Å². The molecule has 12 heteroatoms. The molecule has 12 heavy (non-hydrogen) atoms. The smallest absolute Gasteiger partial charge is 1.00 e. The summed E-state index contributed by atoms with van der Waals surface area (Å²) >= 11 is 0. The van der Waals surface area contributed by atoms with Crippen molar-refractivity contribution in [2.24, 2.45) is 0 Å². The second-order valence-electron chi connectivity index (χ2n) is 1.06. The Bertz CT molecular complexity index is 167. The molecular weight excluding hydrogens is 312 g/mol. The van der Waals surface area contributed by atoms with Crippen LogP contribution in [0.2, 0.25) is 0 Å². The van der Waals surface area contributed by atoms with Gasteiger partial charge in [-0.15, -0.1) is 0 Å². The van der Waals surface area contributed by atoms with Gasteiger partial charge >= 0.3 is 45.2 Å². The van der Waals surface area contributed by atoms with E-state index in [4.69, 9.17) is 19.6 Å². The molecule has 0 aromatic heterocycles. The van der Waals surface area contributed by atoms with Crippen molar-refractivity contribution in [1.82, 2.24) is 0 Å². The van der Waals surface area contributed by atoms with Crippen molar-refractivity contribution in [3.05, 3.63) is 0 Å². The molecule has 0 unspecified atom stereocenters. The molecule has 0 atom stereocenters. The van der Waals surface area contributed by atoms with Gasteiger partial charge in [-0.25, -0.2) is 9.13 Å². The second kappa shape index (κ2) is 8.58. The third kappa shape index (κ3) is 22.8. The summed E-state index contributed by atoms with van der Waals surface area (Å²) in [5, 5.41) is 0. The van der Waals surface area contributed by atoms with Gasteiger partial charge in [0.2, 0.25) is 0 Å². The van der Waals surface area contributed by atoms with Crippen LogP contribution in [0.1, 0.15) is 1.43 Å². The minimum atomic E-state index is -5.05. The first-order valence-electron chi connectivity index (χ1n) is 1.53. The van der Waals surface area contributed by atoms with Gasteiger partial charge in [-0.3, -0.25) is 0 Å². The third-order valence-corrected chi connectivity index (χ3v) is 1.91. The number of rotatable bonds is 2. The van der Waals surface area contributed by atoms with Crippen LogP contribution in [0.3, 0.4) is 0 Å². The molecule has 0 amide bonds. The molecule has 4 N–H and O–H groups in total. The van der Waals surface area contributed by atoms with Crippen molar-refractivity contribution >= 4 is 15.6 Å². The Hall–Kier alpha value is 2.29. The van der Waals surface area contributed by atoms with Crippen LogP contribution in [-0.4, -0.2) is 19.6 Å². The fourth-order valence-corrected chi connectivity index (χ4v) is 1.25. The molecule has 0 saturated heterocycles. The minimum absolute atomic E-state index is 0. The van der Waals surface area contributed by atoms with Gasteiger partial charge in [-0.2, -0.15) is 4.31 Å². The molecule has 0 bridgehead atoms. The zero-order valence-electron chi connectivity index (χ0n) is 6.59. The van der Waals surface area contributed by atoms with Gasteiger partial charge in [0.15, 0.2) is 0 Å². The van der Waals surface area contributed by atoms with Crippen molar-refractivity contribution in [3.8, 4) is 0 Å². The first-order valence-corrected chi connectivity index (χ1v) is 4.59. The monoisotopic (exact) mass is 317 g/mol. The van der Waals surface area contributed by atoms with Crippen molar-refractivity contribution in [3.63, 3.8) is 0 Å². The van der Waals surface area contributed by atoms with Crippen LogP contribution in [0.15, 0.2) is 0 Å². The fraction of sp³-hybridized carbons (Fsp3) is 0. The maximum Gasteiger partial charge on any atom is 1.00 e. The second-order valence-corrected chi connectivity index (χ2v) is 3.68. The summed E-state index contributed by atoms with van der Waals surface area (Å²) in [6, 6.07) is 0. The quantitative estimate of drug-likeness (QED) is 0.305. The molecule has 0 aliphatic heterocycles. The van der Waals surface area contributed by atoms with E-state index in [1.807, 2.05) is 0 Å². The Balaban J connectivity index is -0.0000000533. The summed E-state index contributed by atoms with van der Waals surface area (Å²) in [6.45, 7) is 0. The number of phosphoric acid groups is 2. The van der Waals surface area contributed by atoms with Crippen LogP contribution in [0.4, 0.5) is 0 Å². The van der Waals surface area contributed by atoms with E-state index in [1.54, 1.807) is 0 Å². The number of hydrogen-bond acceptors (Lipinski definition) is 3. The van der Waals surface area contributed by atoms with Crippen molar-refractivity contribution in [1.29, 1.82) is 0 Å². The standard InChI is InChI=1S/Co.Fe.Na.H4O7P2.H/c;;;1-8(2,3)7-9(4,5)6;/h;;;(H2,1,2,3)(H2,4,5,6);/q;;+1;;-1. The molecule has 0 rings (SSSR count). The van der Waals surface area contributed by atoms with Crippen LogP contribution in [0.25, 0.3) is 0 Å². The predicted octanol–water partition coefficient (Wildman–Crippen LogP) is -3.70. The fourth-order valence-electron chi connectivity index (χ4n) is 0.139. The topological polar surface area (TPSA) is 124 Å². The largest absolute Gasteiger partial charge is 1.00 e. The SMILES string of the molecule is O=P(O)(O)OP(=O)(O)O.[Co].[Fe].[H-].[Na+]. The van der Waals surface area contributed by atoms with Crippen molar-refractivity contribution < 1.29 is 97.8 Å². The van der Waals surface area contributed by atoms with E-state index in [2.05, 4.69) is 4.31 Å². The molecule has 0 aliphatic carbocycles. The van der Waals surface area contributed by atoms with Crippen LogP contribution in [-0.2, 0) is 47.3 Å². The average molecular weight is 317 g/mol. The van der Waals surface area contributed by atoms with Gasteiger partial charge in [0, 0.05) is 33.8 Å². The zero-order chi connectivity index (χ0) is 7.71. The van der Waals surface area contributed by atoms with Gasteiger partial charge in [-0.05, 0) is 0 Å². The Morgan fingerprint density at radius 2 is 1.17 bits per heavy atom. The normalized spacial score (nSPS) is 10.3. The van der Waals surface area contributed by atoms with Gasteiger partial charge in [0.1, 0.15) is 0 Å². The Morgan fingerprint density at radius 3 is 1.17 bits per heavy atom. The van der Waals surface area contributed by atoms with Gasteiger partial charge in [0.25, 0.3) is 0 Å². The molecular formula is H5CoFeNaO7P2. The van der Waals surface area contributed by atoms with Gasteiger partial charge < -0.3 is 21.0 Å². The summed E-state index contributed by atoms with van der Waals surface area (Å²) < 4.78 is 22.2. The van der Waals surface area contributed by atoms with Crippen LogP contribution < -0.4 is 29.6 Å². The first kappa shape index (κ1) is 23.8. The van der Waals surface area contributed by atoms with Gasteiger partial charge in [0.05, 0.1) is 0 Å². The Kier molecular flexibility index (Phi) is 17.0. The molecule has 0 saturated carbocycles. The predicted molar refractivity (Wildman–Crippen MR) is 26.3 cm³/mol. The summed E-state index contributed by atoms with van der Waals surface area (Å²) in [6.07, 6.45) is 0. The molecule has 0 aromatic carbocycles. The van der Waals surface area contributed by atoms with E-state index in [0.29, 0.717) is 0 Å². The zero-order valence-corrected chi connectivity index (χ0v) is 11.5. The third-order valence-electron chi connectivity index (χ3n) is 0.213. The Morgan fingerprint density at radius 1 is 1.00 bits per heavy atom. The summed E-state index contributed by atoms with van der Waals surface area (Å²) in [4.78, 5) is 31.0. The van der Waals surface area contributed by atoms with Gasteiger partial charge in [-0.1, -0.05) is 0 Å². The Labute approximate surface area is 113 Å². The molecule has 0 aromatic rings. The summed E-state index contributed by atoms with van der Waals surface area (Å²) in [5.74, 6) is 0. The van der Waals surface area contributed by atoms with E-state index < -0.39 is 15.6 Å². The van der Waals surface area contributed by atoms with E-state index in [1.165, 1.54) is 0 Å². The van der Waals surface area contributed by atoms with Crippen LogP contribution in [0.5, 0.6) is 0 Å². The molecule has 0 spiro atoms. The summed E-state index contributed by atoms with van der Waals surface area (Å²) in [7, 11) is -10.1. The molecule has 1 radical (unpaired) electrons. The van der Waals surface area contributed by atoms with Crippen LogP contribution >= 0.6 is 15.6 Å². The molecule has 7 nitrogen and oxygen atoms in total. The molecule has 75 valence electrons. The van der Waals surface area contributed by atoms with E-state index in [0.717, 1.165) is 0 Å². The average Bonchev–Trinajstić information content (AvgIpc) is 1.14.